The molecule has 0 spiro atoms. The van der Waals surface area contributed by atoms with Crippen LogP contribution in [0.4, 0.5) is 5.69 Å². The van der Waals surface area contributed by atoms with Crippen LogP contribution in [0.5, 0.6) is 5.75 Å². The highest BCUT2D eigenvalue weighted by Gasteiger charge is 2.23. The van der Waals surface area contributed by atoms with Crippen molar-refractivity contribution in [3.8, 4) is 5.75 Å². The second-order valence-corrected chi connectivity index (χ2v) is 7.90. The number of aliphatic imine (C=N–C) groups is 1. The SMILES string of the molecule is CN=C(NCc1ccc(N(C)C)cc1)NCC(c1ccc(OC)cc1)N1CCCC1. The summed E-state index contributed by atoms with van der Waals surface area (Å²) in [5.74, 6) is 1.72. The van der Waals surface area contributed by atoms with Gasteiger partial charge in [-0.15, -0.1) is 0 Å². The number of methoxy groups -OCH3 is 1. The highest BCUT2D eigenvalue weighted by atomic mass is 16.5. The molecular formula is C24H35N5O. The molecule has 2 N–H and O–H groups in total. The van der Waals surface area contributed by atoms with Crippen LogP contribution in [0.2, 0.25) is 0 Å². The number of likely N-dealkylation sites (tertiary alicyclic amines) is 1. The molecule has 0 bridgehead atoms. The van der Waals surface area contributed by atoms with Gasteiger partial charge in [0.1, 0.15) is 5.75 Å². The molecule has 0 aliphatic carbocycles. The summed E-state index contributed by atoms with van der Waals surface area (Å²) in [6, 6.07) is 17.3. The summed E-state index contributed by atoms with van der Waals surface area (Å²) >= 11 is 0. The van der Waals surface area contributed by atoms with Crippen LogP contribution in [0.15, 0.2) is 53.5 Å². The largest absolute Gasteiger partial charge is 0.497 e. The first-order valence-electron chi connectivity index (χ1n) is 10.7. The molecule has 162 valence electrons. The molecule has 0 radical (unpaired) electrons. The third-order valence-electron chi connectivity index (χ3n) is 5.68. The van der Waals surface area contributed by atoms with E-state index in [0.29, 0.717) is 6.04 Å². The summed E-state index contributed by atoms with van der Waals surface area (Å²) in [4.78, 5) is 9.08. The lowest BCUT2D eigenvalue weighted by molar-refractivity contribution is 0.245. The Balaban J connectivity index is 1.59. The number of rotatable bonds is 8. The van der Waals surface area contributed by atoms with Gasteiger partial charge in [0.05, 0.1) is 13.2 Å². The molecule has 2 aromatic carbocycles. The molecule has 1 heterocycles. The van der Waals surface area contributed by atoms with Crippen molar-refractivity contribution < 1.29 is 4.74 Å². The van der Waals surface area contributed by atoms with Crippen molar-refractivity contribution >= 4 is 11.6 Å². The number of nitrogens with one attached hydrogen (secondary N) is 2. The fourth-order valence-corrected chi connectivity index (χ4v) is 3.85. The molecular weight excluding hydrogens is 374 g/mol. The minimum atomic E-state index is 0.316. The van der Waals surface area contributed by atoms with E-state index < -0.39 is 0 Å². The Morgan fingerprint density at radius 2 is 1.70 bits per heavy atom. The summed E-state index contributed by atoms with van der Waals surface area (Å²) in [7, 11) is 7.64. The first kappa shape index (κ1) is 22.0. The van der Waals surface area contributed by atoms with Crippen molar-refractivity contribution in [3.05, 3.63) is 59.7 Å². The Bertz CT molecular complexity index is 795. The maximum absolute atomic E-state index is 5.32. The molecule has 0 saturated carbocycles. The van der Waals surface area contributed by atoms with Crippen molar-refractivity contribution in [2.24, 2.45) is 4.99 Å². The fraction of sp³-hybridized carbons (Fsp3) is 0.458. The number of nitrogens with zero attached hydrogens (tertiary/aromatic N) is 3. The molecule has 30 heavy (non-hydrogen) atoms. The van der Waals surface area contributed by atoms with Crippen LogP contribution < -0.4 is 20.3 Å². The molecule has 1 saturated heterocycles. The molecule has 6 heteroatoms. The smallest absolute Gasteiger partial charge is 0.191 e. The quantitative estimate of drug-likeness (QED) is 0.518. The summed E-state index contributed by atoms with van der Waals surface area (Å²) in [6.07, 6.45) is 2.53. The highest BCUT2D eigenvalue weighted by molar-refractivity contribution is 5.79. The van der Waals surface area contributed by atoms with E-state index in [-0.39, 0.29) is 0 Å². The summed E-state index contributed by atoms with van der Waals surface area (Å²) < 4.78 is 5.32. The van der Waals surface area contributed by atoms with Crippen molar-refractivity contribution in [2.45, 2.75) is 25.4 Å². The van der Waals surface area contributed by atoms with Crippen LogP contribution in [0, 0.1) is 0 Å². The Kier molecular flexibility index (Phi) is 7.97. The Labute approximate surface area is 180 Å². The van der Waals surface area contributed by atoms with Crippen molar-refractivity contribution in [1.29, 1.82) is 0 Å². The van der Waals surface area contributed by atoms with Gasteiger partial charge in [0, 0.05) is 39.9 Å². The van der Waals surface area contributed by atoms with Gasteiger partial charge in [0.15, 0.2) is 5.96 Å². The molecule has 1 aliphatic heterocycles. The number of hydrogen-bond acceptors (Lipinski definition) is 4. The highest BCUT2D eigenvalue weighted by Crippen LogP contribution is 2.26. The van der Waals surface area contributed by atoms with Gasteiger partial charge >= 0.3 is 0 Å². The van der Waals surface area contributed by atoms with Crippen molar-refractivity contribution in [2.75, 3.05) is 52.8 Å². The van der Waals surface area contributed by atoms with E-state index >= 15 is 0 Å². The van der Waals surface area contributed by atoms with E-state index in [0.717, 1.165) is 37.9 Å². The molecule has 1 fully saturated rings. The van der Waals surface area contributed by atoms with Gasteiger partial charge in [-0.25, -0.2) is 0 Å². The zero-order chi connectivity index (χ0) is 21.3. The molecule has 1 atom stereocenters. The van der Waals surface area contributed by atoms with Crippen LogP contribution in [0.1, 0.15) is 30.0 Å². The standard InChI is InChI=1S/C24H35N5O/c1-25-24(26-17-19-7-11-21(12-8-19)28(2)3)27-18-23(29-15-5-6-16-29)20-9-13-22(30-4)14-10-20/h7-14,23H,5-6,15-18H2,1-4H3,(H2,25,26,27). The van der Waals surface area contributed by atoms with Crippen molar-refractivity contribution in [1.82, 2.24) is 15.5 Å². The van der Waals surface area contributed by atoms with E-state index in [2.05, 4.69) is 75.9 Å². The van der Waals surface area contributed by atoms with Crippen LogP contribution in [-0.2, 0) is 6.54 Å². The number of guanidine groups is 1. The Morgan fingerprint density at radius 3 is 2.27 bits per heavy atom. The first-order chi connectivity index (χ1) is 14.6. The molecule has 3 rings (SSSR count). The lowest BCUT2D eigenvalue weighted by Gasteiger charge is -2.29. The summed E-state index contributed by atoms with van der Waals surface area (Å²) in [5.41, 5.74) is 3.74. The Morgan fingerprint density at radius 1 is 1.03 bits per heavy atom. The number of benzene rings is 2. The molecule has 2 aromatic rings. The van der Waals surface area contributed by atoms with Gasteiger partial charge < -0.3 is 20.3 Å². The topological polar surface area (TPSA) is 52.1 Å². The molecule has 0 aromatic heterocycles. The molecule has 6 nitrogen and oxygen atoms in total. The molecule has 0 amide bonds. The number of hydrogen-bond donors (Lipinski definition) is 2. The summed E-state index contributed by atoms with van der Waals surface area (Å²) in [6.45, 7) is 3.83. The maximum Gasteiger partial charge on any atom is 0.191 e. The average Bonchev–Trinajstić information content (AvgIpc) is 3.31. The predicted molar refractivity (Wildman–Crippen MR) is 126 cm³/mol. The van der Waals surface area contributed by atoms with E-state index in [1.165, 1.54) is 29.7 Å². The minimum absolute atomic E-state index is 0.316. The van der Waals surface area contributed by atoms with Gasteiger partial charge in [0.2, 0.25) is 0 Å². The van der Waals surface area contributed by atoms with Crippen LogP contribution in [-0.4, -0.2) is 58.7 Å². The lowest BCUT2D eigenvalue weighted by atomic mass is 10.1. The monoisotopic (exact) mass is 409 g/mol. The third-order valence-corrected chi connectivity index (χ3v) is 5.68. The second-order valence-electron chi connectivity index (χ2n) is 7.90. The zero-order valence-electron chi connectivity index (χ0n) is 18.7. The van der Waals surface area contributed by atoms with Gasteiger partial charge in [-0.05, 0) is 61.3 Å². The van der Waals surface area contributed by atoms with Crippen LogP contribution in [0.25, 0.3) is 0 Å². The molecule has 1 aliphatic rings. The third kappa shape index (κ3) is 5.89. The second kappa shape index (κ2) is 10.9. The minimum Gasteiger partial charge on any atom is -0.497 e. The zero-order valence-corrected chi connectivity index (χ0v) is 18.7. The maximum atomic E-state index is 5.32. The van der Waals surface area contributed by atoms with E-state index in [4.69, 9.17) is 4.74 Å². The van der Waals surface area contributed by atoms with E-state index in [1.54, 1.807) is 7.11 Å². The normalized spacial score (nSPS) is 15.7. The van der Waals surface area contributed by atoms with Crippen molar-refractivity contribution in [3.63, 3.8) is 0 Å². The van der Waals surface area contributed by atoms with Crippen LogP contribution >= 0.6 is 0 Å². The van der Waals surface area contributed by atoms with Crippen LogP contribution in [0.3, 0.4) is 0 Å². The average molecular weight is 410 g/mol. The van der Waals surface area contributed by atoms with Gasteiger partial charge in [-0.2, -0.15) is 0 Å². The number of ether oxygens (including phenoxy) is 1. The van der Waals surface area contributed by atoms with E-state index in [1.807, 2.05) is 19.2 Å². The fourth-order valence-electron chi connectivity index (χ4n) is 3.85. The lowest BCUT2D eigenvalue weighted by Crippen LogP contribution is -2.42. The Hall–Kier alpha value is -2.73. The predicted octanol–water partition coefficient (Wildman–Crippen LogP) is 3.26. The van der Waals surface area contributed by atoms with Gasteiger partial charge in [0.25, 0.3) is 0 Å². The first-order valence-corrected chi connectivity index (χ1v) is 10.7. The van der Waals surface area contributed by atoms with Gasteiger partial charge in [-0.3, -0.25) is 9.89 Å². The van der Waals surface area contributed by atoms with E-state index in [9.17, 15) is 0 Å². The van der Waals surface area contributed by atoms with Gasteiger partial charge in [-0.1, -0.05) is 24.3 Å². The number of anilines is 1. The molecule has 1 unspecified atom stereocenters. The summed E-state index contributed by atoms with van der Waals surface area (Å²) in [5, 5.41) is 6.97.